The Morgan fingerprint density at radius 3 is 2.75 bits per heavy atom. The van der Waals surface area contributed by atoms with Gasteiger partial charge < -0.3 is 5.32 Å². The standard InChI is InChI=1S/C11H12F2INO/c1-7-3-4-8(12)9(10(7)13)11(16)15-6-2-5-14/h3-4H,2,5-6H2,1H3,(H,15,16). The number of benzene rings is 1. The molecule has 0 aromatic heterocycles. The molecule has 0 radical (unpaired) electrons. The second-order valence-electron chi connectivity index (χ2n) is 3.35. The minimum absolute atomic E-state index is 0.264. The molecule has 0 unspecified atom stereocenters. The van der Waals surface area contributed by atoms with Crippen LogP contribution in [0.2, 0.25) is 0 Å². The lowest BCUT2D eigenvalue weighted by atomic mass is 10.1. The molecule has 16 heavy (non-hydrogen) atoms. The number of carbonyl (C=O) groups excluding carboxylic acids is 1. The summed E-state index contributed by atoms with van der Waals surface area (Å²) in [7, 11) is 0. The van der Waals surface area contributed by atoms with Gasteiger partial charge in [0, 0.05) is 11.0 Å². The van der Waals surface area contributed by atoms with E-state index in [4.69, 9.17) is 0 Å². The Morgan fingerprint density at radius 2 is 2.12 bits per heavy atom. The first-order valence-electron chi connectivity index (χ1n) is 4.86. The van der Waals surface area contributed by atoms with E-state index in [1.54, 1.807) is 0 Å². The van der Waals surface area contributed by atoms with E-state index in [0.717, 1.165) is 16.9 Å². The molecule has 0 heterocycles. The molecular weight excluding hydrogens is 327 g/mol. The smallest absolute Gasteiger partial charge is 0.257 e. The van der Waals surface area contributed by atoms with Crippen LogP contribution in [-0.2, 0) is 0 Å². The van der Waals surface area contributed by atoms with Gasteiger partial charge in [0.25, 0.3) is 5.91 Å². The van der Waals surface area contributed by atoms with Gasteiger partial charge in [-0.2, -0.15) is 0 Å². The van der Waals surface area contributed by atoms with Gasteiger partial charge in [-0.25, -0.2) is 8.78 Å². The lowest BCUT2D eigenvalue weighted by molar-refractivity contribution is 0.0945. The third-order valence-corrected chi connectivity index (χ3v) is 2.87. The molecule has 0 aliphatic rings. The Hall–Kier alpha value is -0.720. The zero-order valence-electron chi connectivity index (χ0n) is 8.82. The van der Waals surface area contributed by atoms with Crippen molar-refractivity contribution in [1.82, 2.24) is 5.32 Å². The topological polar surface area (TPSA) is 29.1 Å². The van der Waals surface area contributed by atoms with Crippen LogP contribution in [0.4, 0.5) is 8.78 Å². The van der Waals surface area contributed by atoms with Crippen LogP contribution in [0.1, 0.15) is 22.3 Å². The molecule has 0 bridgehead atoms. The molecule has 0 aliphatic carbocycles. The second-order valence-corrected chi connectivity index (χ2v) is 4.43. The Morgan fingerprint density at radius 1 is 1.44 bits per heavy atom. The van der Waals surface area contributed by atoms with Gasteiger partial charge in [-0.1, -0.05) is 28.7 Å². The molecule has 2 nitrogen and oxygen atoms in total. The van der Waals surface area contributed by atoms with Crippen LogP contribution < -0.4 is 5.32 Å². The summed E-state index contributed by atoms with van der Waals surface area (Å²) in [5.41, 5.74) is -0.228. The average Bonchev–Trinajstić information content (AvgIpc) is 2.24. The van der Waals surface area contributed by atoms with Crippen molar-refractivity contribution in [3.63, 3.8) is 0 Å². The van der Waals surface area contributed by atoms with Crippen LogP contribution in [0.3, 0.4) is 0 Å². The summed E-state index contributed by atoms with van der Waals surface area (Å²) in [5.74, 6) is -2.30. The molecule has 0 saturated carbocycles. The fourth-order valence-corrected chi connectivity index (χ4v) is 1.60. The summed E-state index contributed by atoms with van der Waals surface area (Å²) < 4.78 is 27.7. The molecule has 0 aliphatic heterocycles. The largest absolute Gasteiger partial charge is 0.352 e. The summed E-state index contributed by atoms with van der Waals surface area (Å²) in [4.78, 5) is 11.5. The number of amides is 1. The van der Waals surface area contributed by atoms with Gasteiger partial charge >= 0.3 is 0 Å². The highest BCUT2D eigenvalue weighted by molar-refractivity contribution is 14.1. The average molecular weight is 339 g/mol. The normalized spacial score (nSPS) is 10.2. The minimum Gasteiger partial charge on any atom is -0.352 e. The van der Waals surface area contributed by atoms with Crippen LogP contribution >= 0.6 is 22.6 Å². The number of hydrogen-bond acceptors (Lipinski definition) is 1. The van der Waals surface area contributed by atoms with Crippen molar-refractivity contribution in [3.8, 4) is 0 Å². The Labute approximate surface area is 107 Å². The van der Waals surface area contributed by atoms with E-state index in [1.807, 2.05) is 0 Å². The molecule has 1 amide bonds. The maximum atomic E-state index is 13.5. The van der Waals surface area contributed by atoms with Gasteiger partial charge in [-0.3, -0.25) is 4.79 Å². The van der Waals surface area contributed by atoms with Crippen molar-refractivity contribution in [2.75, 3.05) is 11.0 Å². The van der Waals surface area contributed by atoms with Crippen molar-refractivity contribution in [1.29, 1.82) is 0 Å². The molecule has 1 N–H and O–H groups in total. The summed E-state index contributed by atoms with van der Waals surface area (Å²) in [6.45, 7) is 1.92. The van der Waals surface area contributed by atoms with E-state index in [2.05, 4.69) is 27.9 Å². The molecule has 0 atom stereocenters. The molecule has 0 fully saturated rings. The Kier molecular flexibility index (Phi) is 5.11. The molecule has 0 spiro atoms. The van der Waals surface area contributed by atoms with Gasteiger partial charge in [-0.15, -0.1) is 0 Å². The first-order chi connectivity index (χ1) is 7.57. The molecule has 0 saturated heterocycles. The van der Waals surface area contributed by atoms with Crippen molar-refractivity contribution in [2.24, 2.45) is 0 Å². The molecule has 1 rings (SSSR count). The molecular formula is C11H12F2INO. The number of aryl methyl sites for hydroxylation is 1. The van der Waals surface area contributed by atoms with Gasteiger partial charge in [0.2, 0.25) is 0 Å². The van der Waals surface area contributed by atoms with Gasteiger partial charge in [0.15, 0.2) is 0 Å². The number of rotatable bonds is 4. The van der Waals surface area contributed by atoms with E-state index in [1.165, 1.54) is 13.0 Å². The maximum Gasteiger partial charge on any atom is 0.257 e. The second kappa shape index (κ2) is 6.12. The van der Waals surface area contributed by atoms with Gasteiger partial charge in [0.05, 0.1) is 0 Å². The molecule has 1 aromatic carbocycles. The van der Waals surface area contributed by atoms with Crippen LogP contribution in [0.5, 0.6) is 0 Å². The summed E-state index contributed by atoms with van der Waals surface area (Å²) in [6, 6.07) is 2.41. The van der Waals surface area contributed by atoms with E-state index >= 15 is 0 Å². The Bertz CT molecular complexity index is 396. The molecule has 88 valence electrons. The highest BCUT2D eigenvalue weighted by atomic mass is 127. The SMILES string of the molecule is Cc1ccc(F)c(C(=O)NCCCI)c1F. The first kappa shape index (κ1) is 13.3. The number of nitrogens with one attached hydrogen (secondary N) is 1. The predicted octanol–water partition coefficient (Wildman–Crippen LogP) is 2.83. The van der Waals surface area contributed by atoms with E-state index in [9.17, 15) is 13.6 Å². The van der Waals surface area contributed by atoms with Crippen LogP contribution in [0, 0.1) is 18.6 Å². The summed E-state index contributed by atoms with van der Waals surface area (Å²) in [6.07, 6.45) is 0.779. The monoisotopic (exact) mass is 339 g/mol. The number of carbonyl (C=O) groups is 1. The predicted molar refractivity (Wildman–Crippen MR) is 66.9 cm³/mol. The zero-order valence-corrected chi connectivity index (χ0v) is 11.0. The number of hydrogen-bond donors (Lipinski definition) is 1. The third kappa shape index (κ3) is 3.13. The lowest BCUT2D eigenvalue weighted by Gasteiger charge is -2.07. The highest BCUT2D eigenvalue weighted by Crippen LogP contribution is 2.15. The lowest BCUT2D eigenvalue weighted by Crippen LogP contribution is -2.27. The zero-order chi connectivity index (χ0) is 12.1. The minimum atomic E-state index is -0.824. The number of halogens is 3. The fraction of sp³-hybridized carbons (Fsp3) is 0.364. The van der Waals surface area contributed by atoms with Crippen LogP contribution in [0.25, 0.3) is 0 Å². The van der Waals surface area contributed by atoms with E-state index in [-0.39, 0.29) is 5.56 Å². The van der Waals surface area contributed by atoms with Gasteiger partial charge in [-0.05, 0) is 25.0 Å². The van der Waals surface area contributed by atoms with Crippen molar-refractivity contribution < 1.29 is 13.6 Å². The summed E-state index contributed by atoms with van der Waals surface area (Å²) in [5, 5.41) is 2.49. The third-order valence-electron chi connectivity index (χ3n) is 2.11. The summed E-state index contributed by atoms with van der Waals surface area (Å²) >= 11 is 2.17. The van der Waals surface area contributed by atoms with Crippen molar-refractivity contribution in [2.45, 2.75) is 13.3 Å². The van der Waals surface area contributed by atoms with Crippen LogP contribution in [-0.4, -0.2) is 16.9 Å². The maximum absolute atomic E-state index is 13.5. The van der Waals surface area contributed by atoms with Crippen molar-refractivity contribution in [3.05, 3.63) is 34.9 Å². The van der Waals surface area contributed by atoms with E-state index in [0.29, 0.717) is 6.54 Å². The van der Waals surface area contributed by atoms with Crippen LogP contribution in [0.15, 0.2) is 12.1 Å². The number of alkyl halides is 1. The fourth-order valence-electron chi connectivity index (χ4n) is 1.22. The first-order valence-corrected chi connectivity index (χ1v) is 6.39. The van der Waals surface area contributed by atoms with E-state index < -0.39 is 23.1 Å². The van der Waals surface area contributed by atoms with Crippen molar-refractivity contribution >= 4 is 28.5 Å². The highest BCUT2D eigenvalue weighted by Gasteiger charge is 2.18. The Balaban J connectivity index is 2.86. The van der Waals surface area contributed by atoms with Gasteiger partial charge in [0.1, 0.15) is 17.2 Å². The molecule has 1 aromatic rings. The molecule has 5 heteroatoms. The quantitative estimate of drug-likeness (QED) is 0.510.